The lowest BCUT2D eigenvalue weighted by Crippen LogP contribution is -2.38. The summed E-state index contributed by atoms with van der Waals surface area (Å²) in [4.78, 5) is 4.40. The molecule has 0 radical (unpaired) electrons. The van der Waals surface area contributed by atoms with Gasteiger partial charge in [-0.3, -0.25) is 0 Å². The van der Waals surface area contributed by atoms with Crippen LogP contribution >= 0.6 is 0 Å². The smallest absolute Gasteiger partial charge is 0.126 e. The molecule has 1 saturated carbocycles. The fourth-order valence-corrected chi connectivity index (χ4v) is 2.95. The SMILES string of the molecule is Cc1nc2cc(F)cc(C#N)c2n1C1(C)CCC1. The van der Waals surface area contributed by atoms with E-state index in [0.717, 1.165) is 24.2 Å². The Morgan fingerprint density at radius 3 is 2.72 bits per heavy atom. The van der Waals surface area contributed by atoms with E-state index in [1.165, 1.54) is 18.6 Å². The summed E-state index contributed by atoms with van der Waals surface area (Å²) in [6.07, 6.45) is 3.36. The monoisotopic (exact) mass is 243 g/mol. The van der Waals surface area contributed by atoms with E-state index < -0.39 is 5.82 Å². The first kappa shape index (κ1) is 11.2. The van der Waals surface area contributed by atoms with Crippen molar-refractivity contribution in [1.29, 1.82) is 5.26 Å². The van der Waals surface area contributed by atoms with Crippen molar-refractivity contribution < 1.29 is 4.39 Å². The minimum absolute atomic E-state index is 0.0300. The van der Waals surface area contributed by atoms with Crippen LogP contribution in [0.5, 0.6) is 0 Å². The summed E-state index contributed by atoms with van der Waals surface area (Å²) in [7, 11) is 0. The molecule has 0 N–H and O–H groups in total. The molecule has 18 heavy (non-hydrogen) atoms. The quantitative estimate of drug-likeness (QED) is 0.771. The highest BCUT2D eigenvalue weighted by Gasteiger charge is 2.36. The van der Waals surface area contributed by atoms with Gasteiger partial charge in [0.15, 0.2) is 0 Å². The van der Waals surface area contributed by atoms with Crippen LogP contribution in [-0.4, -0.2) is 9.55 Å². The number of fused-ring (bicyclic) bond motifs is 1. The fourth-order valence-electron chi connectivity index (χ4n) is 2.95. The summed E-state index contributed by atoms with van der Waals surface area (Å²) < 4.78 is 15.5. The van der Waals surface area contributed by atoms with Gasteiger partial charge in [-0.25, -0.2) is 9.37 Å². The van der Waals surface area contributed by atoms with Crippen molar-refractivity contribution in [2.45, 2.75) is 38.6 Å². The molecule has 1 aliphatic rings. The van der Waals surface area contributed by atoms with E-state index in [2.05, 4.69) is 22.5 Å². The zero-order valence-electron chi connectivity index (χ0n) is 10.5. The Kier molecular flexibility index (Phi) is 2.21. The molecule has 4 heteroatoms. The first-order valence-corrected chi connectivity index (χ1v) is 6.14. The molecule has 0 spiro atoms. The summed E-state index contributed by atoms with van der Waals surface area (Å²) in [5.41, 5.74) is 1.76. The third-order valence-corrected chi connectivity index (χ3v) is 3.98. The molecule has 2 aromatic rings. The predicted molar refractivity (Wildman–Crippen MR) is 66.6 cm³/mol. The number of rotatable bonds is 1. The van der Waals surface area contributed by atoms with Gasteiger partial charge < -0.3 is 4.57 Å². The van der Waals surface area contributed by atoms with E-state index in [4.69, 9.17) is 0 Å². The Morgan fingerprint density at radius 2 is 2.17 bits per heavy atom. The Bertz CT molecular complexity index is 674. The van der Waals surface area contributed by atoms with Crippen molar-refractivity contribution in [1.82, 2.24) is 9.55 Å². The van der Waals surface area contributed by atoms with Gasteiger partial charge in [-0.2, -0.15) is 5.26 Å². The van der Waals surface area contributed by atoms with E-state index in [0.29, 0.717) is 11.1 Å². The standard InChI is InChI=1S/C14H14FN3/c1-9-17-12-7-11(15)6-10(8-16)13(12)18(9)14(2)4-3-5-14/h6-7H,3-5H2,1-2H3. The third kappa shape index (κ3) is 1.37. The number of aryl methyl sites for hydroxylation is 1. The molecule has 0 saturated heterocycles. The average Bonchev–Trinajstić information content (AvgIpc) is 2.61. The lowest BCUT2D eigenvalue weighted by atomic mass is 9.78. The van der Waals surface area contributed by atoms with Gasteiger partial charge in [-0.05, 0) is 39.2 Å². The van der Waals surface area contributed by atoms with Crippen LogP contribution in [0.2, 0.25) is 0 Å². The van der Waals surface area contributed by atoms with Crippen molar-refractivity contribution in [3.8, 4) is 6.07 Å². The van der Waals surface area contributed by atoms with Gasteiger partial charge in [-0.15, -0.1) is 0 Å². The lowest BCUT2D eigenvalue weighted by molar-refractivity contribution is 0.171. The number of imidazole rings is 1. The number of nitrogens with zero attached hydrogens (tertiary/aromatic N) is 3. The average molecular weight is 243 g/mol. The molecule has 92 valence electrons. The van der Waals surface area contributed by atoms with Gasteiger partial charge in [0, 0.05) is 11.6 Å². The zero-order valence-corrected chi connectivity index (χ0v) is 10.5. The Hall–Kier alpha value is -1.89. The topological polar surface area (TPSA) is 41.6 Å². The molecule has 1 fully saturated rings. The summed E-state index contributed by atoms with van der Waals surface area (Å²) in [6, 6.07) is 4.78. The molecule has 0 bridgehead atoms. The summed E-state index contributed by atoms with van der Waals surface area (Å²) >= 11 is 0. The minimum atomic E-state index is -0.400. The third-order valence-electron chi connectivity index (χ3n) is 3.98. The molecule has 0 atom stereocenters. The van der Waals surface area contributed by atoms with Crippen molar-refractivity contribution >= 4 is 11.0 Å². The van der Waals surface area contributed by atoms with Crippen molar-refractivity contribution in [2.24, 2.45) is 0 Å². The maximum absolute atomic E-state index is 13.4. The van der Waals surface area contributed by atoms with E-state index in [1.807, 2.05) is 6.92 Å². The highest BCUT2D eigenvalue weighted by atomic mass is 19.1. The molecule has 3 rings (SSSR count). The minimum Gasteiger partial charge on any atom is -0.321 e. The van der Waals surface area contributed by atoms with Crippen molar-refractivity contribution in [3.05, 3.63) is 29.3 Å². The molecular weight excluding hydrogens is 229 g/mol. The molecular formula is C14H14FN3. The van der Waals surface area contributed by atoms with E-state index in [1.54, 1.807) is 0 Å². The highest BCUT2D eigenvalue weighted by Crippen LogP contribution is 2.42. The van der Waals surface area contributed by atoms with Crippen LogP contribution < -0.4 is 0 Å². The second-order valence-corrected chi connectivity index (χ2v) is 5.28. The highest BCUT2D eigenvalue weighted by molar-refractivity contribution is 5.83. The molecule has 0 unspecified atom stereocenters. The second-order valence-electron chi connectivity index (χ2n) is 5.28. The summed E-state index contributed by atoms with van der Waals surface area (Å²) in [5.74, 6) is 0.455. The van der Waals surface area contributed by atoms with Crippen LogP contribution in [0.1, 0.15) is 37.6 Å². The van der Waals surface area contributed by atoms with Gasteiger partial charge in [0.25, 0.3) is 0 Å². The number of hydrogen-bond acceptors (Lipinski definition) is 2. The maximum Gasteiger partial charge on any atom is 0.126 e. The normalized spacial score (nSPS) is 17.4. The van der Waals surface area contributed by atoms with Crippen LogP contribution in [0.25, 0.3) is 11.0 Å². The van der Waals surface area contributed by atoms with Crippen molar-refractivity contribution in [3.63, 3.8) is 0 Å². The first-order valence-electron chi connectivity index (χ1n) is 6.14. The van der Waals surface area contributed by atoms with Gasteiger partial charge in [0.05, 0.1) is 16.6 Å². The number of halogens is 1. The number of nitriles is 1. The summed E-state index contributed by atoms with van der Waals surface area (Å²) in [5, 5.41) is 9.19. The molecule has 1 aliphatic carbocycles. The van der Waals surface area contributed by atoms with E-state index in [9.17, 15) is 9.65 Å². The van der Waals surface area contributed by atoms with Gasteiger partial charge in [0.2, 0.25) is 0 Å². The second kappa shape index (κ2) is 3.55. The predicted octanol–water partition coefficient (Wildman–Crippen LogP) is 3.25. The van der Waals surface area contributed by atoms with Crippen molar-refractivity contribution in [2.75, 3.05) is 0 Å². The van der Waals surface area contributed by atoms with Crippen LogP contribution in [0.4, 0.5) is 4.39 Å². The van der Waals surface area contributed by atoms with Crippen LogP contribution in [-0.2, 0) is 5.54 Å². The molecule has 0 amide bonds. The van der Waals surface area contributed by atoms with Crippen LogP contribution in [0.3, 0.4) is 0 Å². The van der Waals surface area contributed by atoms with E-state index in [-0.39, 0.29) is 5.54 Å². The molecule has 1 aromatic carbocycles. The summed E-state index contributed by atoms with van der Waals surface area (Å²) in [6.45, 7) is 4.10. The van der Waals surface area contributed by atoms with Gasteiger partial charge >= 0.3 is 0 Å². The Balaban J connectivity index is 2.38. The van der Waals surface area contributed by atoms with E-state index >= 15 is 0 Å². The zero-order chi connectivity index (χ0) is 12.9. The first-order chi connectivity index (χ1) is 8.55. The number of hydrogen-bond donors (Lipinski definition) is 0. The van der Waals surface area contributed by atoms with Gasteiger partial charge in [-0.1, -0.05) is 0 Å². The largest absolute Gasteiger partial charge is 0.321 e. The number of benzene rings is 1. The lowest BCUT2D eigenvalue weighted by Gasteiger charge is -2.41. The maximum atomic E-state index is 13.4. The fraction of sp³-hybridized carbons (Fsp3) is 0.429. The molecule has 1 aromatic heterocycles. The van der Waals surface area contributed by atoms with Crippen LogP contribution in [0, 0.1) is 24.1 Å². The molecule has 3 nitrogen and oxygen atoms in total. The van der Waals surface area contributed by atoms with Crippen LogP contribution in [0.15, 0.2) is 12.1 Å². The molecule has 0 aliphatic heterocycles. The molecule has 1 heterocycles. The Labute approximate surface area is 105 Å². The Morgan fingerprint density at radius 1 is 1.44 bits per heavy atom. The number of aromatic nitrogens is 2. The van der Waals surface area contributed by atoms with Gasteiger partial charge in [0.1, 0.15) is 17.7 Å².